The van der Waals surface area contributed by atoms with Gasteiger partial charge in [0, 0.05) is 32.2 Å². The van der Waals surface area contributed by atoms with E-state index >= 15 is 0 Å². The molecule has 0 aromatic heterocycles. The zero-order valence-corrected chi connectivity index (χ0v) is 13.8. The molecule has 21 heavy (non-hydrogen) atoms. The van der Waals surface area contributed by atoms with E-state index < -0.39 is 0 Å². The molecule has 0 radical (unpaired) electrons. The van der Waals surface area contributed by atoms with Crippen LogP contribution >= 0.6 is 0 Å². The highest BCUT2D eigenvalue weighted by Gasteiger charge is 2.22. The van der Waals surface area contributed by atoms with Gasteiger partial charge in [0.1, 0.15) is 5.75 Å². The van der Waals surface area contributed by atoms with Crippen molar-refractivity contribution in [2.45, 2.75) is 39.7 Å². The first kappa shape index (κ1) is 16.3. The minimum atomic E-state index is 0.693. The van der Waals surface area contributed by atoms with Gasteiger partial charge in [-0.15, -0.1) is 0 Å². The molecule has 0 aliphatic carbocycles. The molecule has 0 bridgehead atoms. The molecule has 1 saturated heterocycles. The molecular weight excluding hydrogens is 260 g/mol. The van der Waals surface area contributed by atoms with Gasteiger partial charge in [-0.2, -0.15) is 0 Å². The van der Waals surface area contributed by atoms with Crippen LogP contribution in [0.15, 0.2) is 24.3 Å². The summed E-state index contributed by atoms with van der Waals surface area (Å²) in [6, 6.07) is 9.01. The van der Waals surface area contributed by atoms with Crippen LogP contribution in [-0.2, 0) is 0 Å². The molecule has 0 saturated carbocycles. The second-order valence-corrected chi connectivity index (χ2v) is 6.54. The number of rotatable bonds is 7. The minimum absolute atomic E-state index is 0.693. The van der Waals surface area contributed by atoms with Crippen molar-refractivity contribution in [2.24, 2.45) is 5.92 Å². The Labute approximate surface area is 129 Å². The van der Waals surface area contributed by atoms with Crippen molar-refractivity contribution in [3.63, 3.8) is 0 Å². The Balaban J connectivity index is 1.69. The van der Waals surface area contributed by atoms with E-state index in [1.807, 2.05) is 0 Å². The molecule has 1 aliphatic rings. The van der Waals surface area contributed by atoms with Gasteiger partial charge in [-0.3, -0.25) is 4.90 Å². The molecule has 0 amide bonds. The zero-order chi connectivity index (χ0) is 15.1. The third-order valence-corrected chi connectivity index (χ3v) is 4.10. The van der Waals surface area contributed by atoms with Crippen molar-refractivity contribution in [3.05, 3.63) is 29.8 Å². The fourth-order valence-electron chi connectivity index (χ4n) is 2.97. The first-order valence-electron chi connectivity index (χ1n) is 8.29. The Hall–Kier alpha value is -1.06. The van der Waals surface area contributed by atoms with Gasteiger partial charge in [0.25, 0.3) is 0 Å². The van der Waals surface area contributed by atoms with E-state index in [2.05, 4.69) is 55.3 Å². The third kappa shape index (κ3) is 5.68. The molecule has 0 spiro atoms. The fraction of sp³-hybridized carbons (Fsp3) is 0.667. The maximum atomic E-state index is 5.83. The number of ether oxygens (including phenoxy) is 1. The quantitative estimate of drug-likeness (QED) is 0.781. The Morgan fingerprint density at radius 1 is 1.29 bits per heavy atom. The molecule has 3 heteroatoms. The molecule has 1 unspecified atom stereocenters. The van der Waals surface area contributed by atoms with Crippen LogP contribution in [0.2, 0.25) is 0 Å². The summed E-state index contributed by atoms with van der Waals surface area (Å²) in [5, 5.41) is 3.52. The number of nitrogens with one attached hydrogen (secondary N) is 1. The van der Waals surface area contributed by atoms with Crippen LogP contribution in [0, 0.1) is 12.8 Å². The van der Waals surface area contributed by atoms with Gasteiger partial charge >= 0.3 is 0 Å². The van der Waals surface area contributed by atoms with Gasteiger partial charge in [-0.25, -0.2) is 0 Å². The van der Waals surface area contributed by atoms with Gasteiger partial charge in [-0.1, -0.05) is 31.5 Å². The van der Waals surface area contributed by atoms with Crippen molar-refractivity contribution < 1.29 is 4.74 Å². The number of hydrogen-bond acceptors (Lipinski definition) is 3. The number of benzene rings is 1. The second-order valence-electron chi connectivity index (χ2n) is 6.54. The molecule has 3 nitrogen and oxygen atoms in total. The maximum Gasteiger partial charge on any atom is 0.119 e. The Bertz CT molecular complexity index is 402. The average Bonchev–Trinajstić information content (AvgIpc) is 2.46. The second kappa shape index (κ2) is 8.40. The lowest BCUT2D eigenvalue weighted by Crippen LogP contribution is -2.52. The largest absolute Gasteiger partial charge is 0.494 e. The molecule has 1 aliphatic heterocycles. The topological polar surface area (TPSA) is 24.5 Å². The summed E-state index contributed by atoms with van der Waals surface area (Å²) < 4.78 is 5.83. The average molecular weight is 290 g/mol. The SMILES string of the molecule is Cc1ccc(OCCCN2CCNCC2CC(C)C)cc1. The van der Waals surface area contributed by atoms with E-state index in [1.165, 1.54) is 18.5 Å². The first-order chi connectivity index (χ1) is 10.1. The molecule has 2 rings (SSSR count). The van der Waals surface area contributed by atoms with Crippen LogP contribution < -0.4 is 10.1 Å². The van der Waals surface area contributed by atoms with Crippen molar-refractivity contribution in [2.75, 3.05) is 32.8 Å². The predicted molar refractivity (Wildman–Crippen MR) is 89.0 cm³/mol. The smallest absolute Gasteiger partial charge is 0.119 e. The summed E-state index contributed by atoms with van der Waals surface area (Å²) in [5.41, 5.74) is 1.28. The standard InChI is InChI=1S/C18H30N2O/c1-15(2)13-17-14-19-9-11-20(17)10-4-12-21-18-7-5-16(3)6-8-18/h5-8,15,17,19H,4,9-14H2,1-3H3. The molecular formula is C18H30N2O. The van der Waals surface area contributed by atoms with Gasteiger partial charge in [-0.05, 0) is 37.8 Å². The first-order valence-corrected chi connectivity index (χ1v) is 8.29. The van der Waals surface area contributed by atoms with Gasteiger partial charge in [0.2, 0.25) is 0 Å². The number of piperazine rings is 1. The summed E-state index contributed by atoms with van der Waals surface area (Å²) in [4.78, 5) is 2.63. The lowest BCUT2D eigenvalue weighted by atomic mass is 10.0. The lowest BCUT2D eigenvalue weighted by molar-refractivity contribution is 0.132. The molecule has 1 aromatic carbocycles. The van der Waals surface area contributed by atoms with Crippen LogP contribution in [0.5, 0.6) is 5.75 Å². The highest BCUT2D eigenvalue weighted by molar-refractivity contribution is 5.26. The van der Waals surface area contributed by atoms with Crippen molar-refractivity contribution in [1.29, 1.82) is 0 Å². The highest BCUT2D eigenvalue weighted by atomic mass is 16.5. The summed E-state index contributed by atoms with van der Waals surface area (Å²) in [7, 11) is 0. The van der Waals surface area contributed by atoms with Crippen LogP contribution in [0.25, 0.3) is 0 Å². The summed E-state index contributed by atoms with van der Waals surface area (Å²) >= 11 is 0. The third-order valence-electron chi connectivity index (χ3n) is 4.10. The van der Waals surface area contributed by atoms with E-state index in [0.29, 0.717) is 6.04 Å². The normalized spacial score (nSPS) is 19.9. The molecule has 118 valence electrons. The maximum absolute atomic E-state index is 5.83. The molecule has 1 atom stereocenters. The fourth-order valence-corrected chi connectivity index (χ4v) is 2.97. The van der Waals surface area contributed by atoms with Gasteiger partial charge in [0.05, 0.1) is 6.61 Å². The van der Waals surface area contributed by atoms with E-state index in [4.69, 9.17) is 4.74 Å². The van der Waals surface area contributed by atoms with Crippen LogP contribution in [0.4, 0.5) is 0 Å². The Morgan fingerprint density at radius 2 is 2.05 bits per heavy atom. The zero-order valence-electron chi connectivity index (χ0n) is 13.8. The predicted octanol–water partition coefficient (Wildman–Crippen LogP) is 3.08. The van der Waals surface area contributed by atoms with E-state index in [-0.39, 0.29) is 0 Å². The van der Waals surface area contributed by atoms with Crippen molar-refractivity contribution in [3.8, 4) is 5.75 Å². The van der Waals surface area contributed by atoms with Gasteiger partial charge < -0.3 is 10.1 Å². The Morgan fingerprint density at radius 3 is 2.76 bits per heavy atom. The Kier molecular flexibility index (Phi) is 6.52. The lowest BCUT2D eigenvalue weighted by Gasteiger charge is -2.37. The van der Waals surface area contributed by atoms with E-state index in [9.17, 15) is 0 Å². The number of nitrogens with zero attached hydrogens (tertiary/aromatic N) is 1. The number of aryl methyl sites for hydroxylation is 1. The van der Waals surface area contributed by atoms with Crippen LogP contribution in [0.1, 0.15) is 32.3 Å². The molecule has 1 aromatic rings. The summed E-state index contributed by atoms with van der Waals surface area (Å²) in [5.74, 6) is 1.75. The van der Waals surface area contributed by atoms with Crippen LogP contribution in [0.3, 0.4) is 0 Å². The monoisotopic (exact) mass is 290 g/mol. The van der Waals surface area contributed by atoms with E-state index in [1.54, 1.807) is 0 Å². The summed E-state index contributed by atoms with van der Waals surface area (Å²) in [6.07, 6.45) is 2.38. The summed E-state index contributed by atoms with van der Waals surface area (Å²) in [6.45, 7) is 12.1. The minimum Gasteiger partial charge on any atom is -0.494 e. The van der Waals surface area contributed by atoms with Crippen molar-refractivity contribution >= 4 is 0 Å². The van der Waals surface area contributed by atoms with Crippen molar-refractivity contribution in [1.82, 2.24) is 10.2 Å². The van der Waals surface area contributed by atoms with Gasteiger partial charge in [0.15, 0.2) is 0 Å². The number of hydrogen-bond donors (Lipinski definition) is 1. The van der Waals surface area contributed by atoms with E-state index in [0.717, 1.165) is 44.3 Å². The van der Waals surface area contributed by atoms with Crippen LogP contribution in [-0.4, -0.2) is 43.7 Å². The molecule has 1 heterocycles. The molecule has 1 fully saturated rings. The highest BCUT2D eigenvalue weighted by Crippen LogP contribution is 2.15. The molecule has 1 N–H and O–H groups in total.